The van der Waals surface area contributed by atoms with Gasteiger partial charge in [-0.3, -0.25) is 0 Å². The molecule has 0 amide bonds. The van der Waals surface area contributed by atoms with E-state index in [1.807, 2.05) is 12.1 Å². The Morgan fingerprint density at radius 2 is 1.38 bits per heavy atom. The molecule has 8 heteroatoms. The zero-order valence-electron chi connectivity index (χ0n) is 23.0. The fraction of sp³-hybridized carbons (Fsp3) is 0.438. The van der Waals surface area contributed by atoms with E-state index in [4.69, 9.17) is 9.47 Å². The lowest BCUT2D eigenvalue weighted by Gasteiger charge is -2.28. The monoisotopic (exact) mass is 562 g/mol. The van der Waals surface area contributed by atoms with Gasteiger partial charge in [-0.15, -0.1) is 0 Å². The molecule has 3 aromatic carbocycles. The highest BCUT2D eigenvalue weighted by atomic mass is 19.3. The molecule has 1 saturated carbocycles. The maximum Gasteiger partial charge on any atom is 0.433 e. The molecule has 0 heterocycles. The van der Waals surface area contributed by atoms with Gasteiger partial charge in [0.25, 0.3) is 0 Å². The van der Waals surface area contributed by atoms with E-state index in [1.54, 1.807) is 19.1 Å². The van der Waals surface area contributed by atoms with Crippen molar-refractivity contribution >= 4 is 0 Å². The Morgan fingerprint density at radius 3 is 2.02 bits per heavy atom. The Morgan fingerprint density at radius 1 is 0.750 bits per heavy atom. The van der Waals surface area contributed by atoms with E-state index in [1.165, 1.54) is 50.3 Å². The molecule has 1 aliphatic rings. The maximum absolute atomic E-state index is 15.0. The summed E-state index contributed by atoms with van der Waals surface area (Å²) >= 11 is 0. The van der Waals surface area contributed by atoms with Gasteiger partial charge in [0.15, 0.2) is 29.7 Å². The van der Waals surface area contributed by atoms with Gasteiger partial charge in [-0.1, -0.05) is 44.0 Å². The number of hydrogen-bond acceptors (Lipinski definition) is 3. The molecule has 40 heavy (non-hydrogen) atoms. The average Bonchev–Trinajstić information content (AvgIpc) is 2.94. The first-order valence-corrected chi connectivity index (χ1v) is 13.8. The first-order chi connectivity index (χ1) is 19.1. The van der Waals surface area contributed by atoms with Crippen molar-refractivity contribution in [2.45, 2.75) is 71.3 Å². The van der Waals surface area contributed by atoms with Crippen LogP contribution in [0.1, 0.15) is 69.4 Å². The van der Waals surface area contributed by atoms with E-state index < -0.39 is 41.7 Å². The molecule has 0 aliphatic heterocycles. The van der Waals surface area contributed by atoms with E-state index in [0.29, 0.717) is 11.5 Å². The Labute approximate surface area is 232 Å². The number of ether oxygens (including phenoxy) is 3. The minimum absolute atomic E-state index is 0.00607. The second-order valence-electron chi connectivity index (χ2n) is 10.3. The molecule has 3 aromatic rings. The largest absolute Gasteiger partial charge is 0.491 e. The van der Waals surface area contributed by atoms with Crippen molar-refractivity contribution in [2.75, 3.05) is 13.2 Å². The third-order valence-corrected chi connectivity index (χ3v) is 7.54. The van der Waals surface area contributed by atoms with E-state index in [0.717, 1.165) is 30.9 Å². The van der Waals surface area contributed by atoms with Crippen molar-refractivity contribution in [1.29, 1.82) is 0 Å². The Balaban J connectivity index is 1.40. The van der Waals surface area contributed by atoms with Gasteiger partial charge in [-0.05, 0) is 86.8 Å². The highest BCUT2D eigenvalue weighted by Gasteiger charge is 2.35. The minimum atomic E-state index is -3.95. The summed E-state index contributed by atoms with van der Waals surface area (Å²) in [6, 6.07) is 12.1. The van der Waals surface area contributed by atoms with Crippen LogP contribution in [0.15, 0.2) is 48.5 Å². The first-order valence-electron chi connectivity index (χ1n) is 13.8. The lowest BCUT2D eigenvalue weighted by molar-refractivity contribution is -0.196. The fourth-order valence-corrected chi connectivity index (χ4v) is 5.37. The van der Waals surface area contributed by atoms with Gasteiger partial charge < -0.3 is 14.2 Å². The summed E-state index contributed by atoms with van der Waals surface area (Å²) in [6.45, 7) is 3.93. The third-order valence-electron chi connectivity index (χ3n) is 7.54. The predicted molar refractivity (Wildman–Crippen MR) is 145 cm³/mol. The summed E-state index contributed by atoms with van der Waals surface area (Å²) in [5, 5.41) is 0. The molecule has 216 valence electrons. The number of halogens is 5. The highest BCUT2D eigenvalue weighted by molar-refractivity contribution is 5.65. The SMILES string of the molecule is CCCC1CCC(c2ccc(-c3ccc(OCC(F)(F)Oc4ccc(OCC)c(F)c4C)c(F)c3F)cc2)CC1. The summed E-state index contributed by atoms with van der Waals surface area (Å²) in [6.07, 6.45) is 3.20. The number of benzene rings is 3. The van der Waals surface area contributed by atoms with Crippen molar-refractivity contribution < 1.29 is 36.2 Å². The van der Waals surface area contributed by atoms with Crippen LogP contribution < -0.4 is 14.2 Å². The van der Waals surface area contributed by atoms with E-state index in [-0.39, 0.29) is 23.5 Å². The van der Waals surface area contributed by atoms with Crippen molar-refractivity contribution in [3.63, 3.8) is 0 Å². The fourth-order valence-electron chi connectivity index (χ4n) is 5.37. The molecule has 0 saturated heterocycles. The van der Waals surface area contributed by atoms with Crippen LogP contribution in [0, 0.1) is 30.3 Å². The van der Waals surface area contributed by atoms with Gasteiger partial charge in [-0.2, -0.15) is 13.2 Å². The molecule has 0 bridgehead atoms. The Kier molecular flexibility index (Phi) is 9.59. The van der Waals surface area contributed by atoms with Gasteiger partial charge in [0.05, 0.1) is 6.61 Å². The molecule has 0 unspecified atom stereocenters. The molecule has 0 radical (unpaired) electrons. The summed E-state index contributed by atoms with van der Waals surface area (Å²) in [4.78, 5) is 0. The second-order valence-corrected chi connectivity index (χ2v) is 10.3. The summed E-state index contributed by atoms with van der Waals surface area (Å²) < 4.78 is 87.7. The van der Waals surface area contributed by atoms with Gasteiger partial charge in [0.2, 0.25) is 5.82 Å². The van der Waals surface area contributed by atoms with Crippen LogP contribution in [-0.2, 0) is 0 Å². The van der Waals surface area contributed by atoms with Gasteiger partial charge in [-0.25, -0.2) is 8.78 Å². The van der Waals surface area contributed by atoms with Crippen LogP contribution >= 0.6 is 0 Å². The zero-order valence-corrected chi connectivity index (χ0v) is 23.0. The predicted octanol–water partition coefficient (Wildman–Crippen LogP) is 9.60. The van der Waals surface area contributed by atoms with Gasteiger partial charge >= 0.3 is 6.11 Å². The molecule has 1 fully saturated rings. The summed E-state index contributed by atoms with van der Waals surface area (Å²) in [5.41, 5.74) is 1.49. The van der Waals surface area contributed by atoms with Crippen molar-refractivity contribution in [2.24, 2.45) is 5.92 Å². The molecule has 4 rings (SSSR count). The first kappa shape index (κ1) is 29.7. The van der Waals surface area contributed by atoms with Crippen molar-refractivity contribution in [3.05, 3.63) is 77.1 Å². The number of rotatable bonds is 11. The van der Waals surface area contributed by atoms with Crippen LogP contribution in [-0.4, -0.2) is 19.3 Å². The molecular formula is C32H35F5O3. The number of alkyl halides is 2. The lowest BCUT2D eigenvalue weighted by Crippen LogP contribution is -2.33. The van der Waals surface area contributed by atoms with Crippen LogP contribution in [0.2, 0.25) is 0 Å². The topological polar surface area (TPSA) is 27.7 Å². The van der Waals surface area contributed by atoms with Crippen molar-refractivity contribution in [3.8, 4) is 28.4 Å². The molecule has 0 atom stereocenters. The Hall–Kier alpha value is -3.29. The molecule has 0 spiro atoms. The van der Waals surface area contributed by atoms with E-state index in [2.05, 4.69) is 11.7 Å². The van der Waals surface area contributed by atoms with Crippen LogP contribution in [0.3, 0.4) is 0 Å². The highest BCUT2D eigenvalue weighted by Crippen LogP contribution is 2.39. The molecular weight excluding hydrogens is 527 g/mol. The van der Waals surface area contributed by atoms with E-state index >= 15 is 0 Å². The van der Waals surface area contributed by atoms with Crippen LogP contribution in [0.25, 0.3) is 11.1 Å². The lowest BCUT2D eigenvalue weighted by atomic mass is 9.77. The molecule has 3 nitrogen and oxygen atoms in total. The quantitative estimate of drug-likeness (QED) is 0.218. The zero-order chi connectivity index (χ0) is 28.9. The van der Waals surface area contributed by atoms with Gasteiger partial charge in [0, 0.05) is 11.1 Å². The number of hydrogen-bond donors (Lipinski definition) is 0. The second kappa shape index (κ2) is 12.9. The maximum atomic E-state index is 15.0. The molecule has 1 aliphatic carbocycles. The smallest absolute Gasteiger partial charge is 0.433 e. The standard InChI is InChI=1S/C32H35F5O3/c1-4-6-21-7-9-22(10-8-21)23-11-13-24(14-12-23)25-15-16-28(31(35)30(25)34)39-19-32(36,37)40-26-17-18-27(38-5-2)29(33)20(26)3/h11-18,21-22H,4-10,19H2,1-3H3. The third kappa shape index (κ3) is 6.88. The van der Waals surface area contributed by atoms with Gasteiger partial charge in [0.1, 0.15) is 5.75 Å². The normalized spacial score (nSPS) is 17.5. The molecule has 0 N–H and O–H groups in total. The minimum Gasteiger partial charge on any atom is -0.491 e. The van der Waals surface area contributed by atoms with Crippen molar-refractivity contribution in [1.82, 2.24) is 0 Å². The summed E-state index contributed by atoms with van der Waals surface area (Å²) in [5.74, 6) is -3.33. The van der Waals surface area contributed by atoms with E-state index in [9.17, 15) is 22.0 Å². The van der Waals surface area contributed by atoms with Crippen LogP contribution in [0.4, 0.5) is 22.0 Å². The Bertz CT molecular complexity index is 1280. The van der Waals surface area contributed by atoms with Crippen LogP contribution in [0.5, 0.6) is 17.2 Å². The average molecular weight is 563 g/mol. The molecule has 0 aromatic heterocycles. The summed E-state index contributed by atoms with van der Waals surface area (Å²) in [7, 11) is 0.